The Hall–Kier alpha value is -2.47. The van der Waals surface area contributed by atoms with Gasteiger partial charge in [-0.05, 0) is 38.2 Å². The van der Waals surface area contributed by atoms with Crippen molar-refractivity contribution in [3.63, 3.8) is 0 Å². The molecule has 2 aromatic heterocycles. The van der Waals surface area contributed by atoms with Crippen LogP contribution in [0.4, 0.5) is 0 Å². The predicted octanol–water partition coefficient (Wildman–Crippen LogP) is 4.76. The third-order valence-corrected chi connectivity index (χ3v) is 5.69. The van der Waals surface area contributed by atoms with Gasteiger partial charge in [0, 0.05) is 16.0 Å². The molecule has 154 valence electrons. The molecule has 0 radical (unpaired) electrons. The first-order valence-corrected chi connectivity index (χ1v) is 10.6. The van der Waals surface area contributed by atoms with Crippen molar-refractivity contribution in [3.05, 3.63) is 51.9 Å². The van der Waals surface area contributed by atoms with Crippen LogP contribution in [0.15, 0.2) is 41.5 Å². The minimum atomic E-state index is -0.357. The molecular weight excluding hydrogens is 382 g/mol. The molecule has 0 spiro atoms. The monoisotopic (exact) mass is 411 g/mol. The fourth-order valence-electron chi connectivity index (χ4n) is 4.14. The molecule has 5 nitrogen and oxygen atoms in total. The van der Waals surface area contributed by atoms with Crippen LogP contribution < -0.4 is 10.9 Å². The number of rotatable bonds is 5. The Labute approximate surface area is 175 Å². The van der Waals surface area contributed by atoms with Crippen LogP contribution in [0.1, 0.15) is 45.9 Å². The van der Waals surface area contributed by atoms with Gasteiger partial charge in [-0.15, -0.1) is 11.3 Å². The summed E-state index contributed by atoms with van der Waals surface area (Å²) < 4.78 is 1.41. The number of hydrogen-bond donors (Lipinski definition) is 1. The lowest BCUT2D eigenvalue weighted by Crippen LogP contribution is -2.47. The normalized spacial score (nSPS) is 12.3. The Morgan fingerprint density at radius 1 is 1.14 bits per heavy atom. The Bertz CT molecular complexity index is 1090. The van der Waals surface area contributed by atoms with Crippen molar-refractivity contribution in [3.8, 4) is 11.1 Å². The van der Waals surface area contributed by atoms with Crippen LogP contribution in [0.3, 0.4) is 0 Å². The zero-order valence-corrected chi connectivity index (χ0v) is 18.8. The van der Waals surface area contributed by atoms with Crippen molar-refractivity contribution >= 4 is 27.5 Å². The van der Waals surface area contributed by atoms with Crippen molar-refractivity contribution in [1.82, 2.24) is 14.9 Å². The van der Waals surface area contributed by atoms with Gasteiger partial charge in [-0.2, -0.15) is 0 Å². The molecule has 29 heavy (non-hydrogen) atoms. The van der Waals surface area contributed by atoms with E-state index in [0.717, 1.165) is 22.4 Å². The highest BCUT2D eigenvalue weighted by atomic mass is 32.1. The number of aryl methyl sites for hydroxylation is 1. The van der Waals surface area contributed by atoms with E-state index >= 15 is 0 Å². The van der Waals surface area contributed by atoms with E-state index < -0.39 is 0 Å². The van der Waals surface area contributed by atoms with E-state index in [4.69, 9.17) is 0 Å². The highest BCUT2D eigenvalue weighted by Gasteiger charge is 2.27. The van der Waals surface area contributed by atoms with Crippen LogP contribution in [-0.2, 0) is 11.3 Å². The minimum Gasteiger partial charge on any atom is -0.350 e. The van der Waals surface area contributed by atoms with Crippen molar-refractivity contribution in [2.75, 3.05) is 0 Å². The van der Waals surface area contributed by atoms with Crippen molar-refractivity contribution < 1.29 is 4.79 Å². The average Bonchev–Trinajstić information content (AvgIpc) is 2.92. The maximum absolute atomic E-state index is 13.2. The highest BCUT2D eigenvalue weighted by molar-refractivity contribution is 7.19. The molecule has 0 aliphatic heterocycles. The number of aromatic nitrogens is 2. The Morgan fingerprint density at radius 2 is 1.79 bits per heavy atom. The van der Waals surface area contributed by atoms with Gasteiger partial charge < -0.3 is 5.32 Å². The van der Waals surface area contributed by atoms with Crippen molar-refractivity contribution in [2.24, 2.45) is 5.41 Å². The third kappa shape index (κ3) is 4.93. The van der Waals surface area contributed by atoms with Gasteiger partial charge in [0.05, 0.1) is 11.7 Å². The number of fused-ring (bicyclic) bond motifs is 1. The molecule has 3 rings (SSSR count). The Morgan fingerprint density at radius 3 is 2.41 bits per heavy atom. The van der Waals surface area contributed by atoms with Crippen LogP contribution in [0, 0.1) is 12.3 Å². The second kappa shape index (κ2) is 7.75. The first kappa shape index (κ1) is 21.2. The van der Waals surface area contributed by atoms with Gasteiger partial charge >= 0.3 is 0 Å². The highest BCUT2D eigenvalue weighted by Crippen LogP contribution is 2.35. The SMILES string of the molecule is Cc1sc2ncn(CC(=O)NC(C)(C)CC(C)(C)C)c(=O)c2c1-c1ccccc1. The summed E-state index contributed by atoms with van der Waals surface area (Å²) in [5.41, 5.74) is 1.45. The smallest absolute Gasteiger partial charge is 0.263 e. The lowest BCUT2D eigenvalue weighted by molar-refractivity contribution is -0.123. The largest absolute Gasteiger partial charge is 0.350 e. The number of nitrogens with one attached hydrogen (secondary N) is 1. The summed E-state index contributed by atoms with van der Waals surface area (Å²) in [5.74, 6) is -0.185. The molecule has 1 amide bonds. The van der Waals surface area contributed by atoms with Crippen molar-refractivity contribution in [2.45, 2.75) is 60.0 Å². The molecule has 0 saturated heterocycles. The molecule has 0 atom stereocenters. The van der Waals surface area contributed by atoms with Crippen LogP contribution in [0.25, 0.3) is 21.3 Å². The Balaban J connectivity index is 1.93. The third-order valence-electron chi connectivity index (χ3n) is 4.68. The van der Waals surface area contributed by atoms with E-state index in [1.807, 2.05) is 51.1 Å². The van der Waals surface area contributed by atoms with E-state index in [0.29, 0.717) is 10.2 Å². The molecule has 2 heterocycles. The summed E-state index contributed by atoms with van der Waals surface area (Å²) in [5, 5.41) is 3.65. The molecule has 0 bridgehead atoms. The number of amides is 1. The number of benzene rings is 1. The lowest BCUT2D eigenvalue weighted by atomic mass is 9.82. The van der Waals surface area contributed by atoms with Crippen LogP contribution in [-0.4, -0.2) is 21.0 Å². The van der Waals surface area contributed by atoms with Gasteiger partial charge in [-0.1, -0.05) is 51.1 Å². The van der Waals surface area contributed by atoms with E-state index in [-0.39, 0.29) is 29.0 Å². The molecule has 0 unspecified atom stereocenters. The molecule has 6 heteroatoms. The first-order valence-electron chi connectivity index (χ1n) is 9.82. The molecule has 0 saturated carbocycles. The van der Waals surface area contributed by atoms with E-state index in [2.05, 4.69) is 31.1 Å². The topological polar surface area (TPSA) is 64.0 Å². The molecule has 0 fully saturated rings. The maximum Gasteiger partial charge on any atom is 0.263 e. The predicted molar refractivity (Wildman–Crippen MR) is 120 cm³/mol. The van der Waals surface area contributed by atoms with Crippen LogP contribution >= 0.6 is 11.3 Å². The number of carbonyl (C=O) groups excluding carboxylic acids is 1. The van der Waals surface area contributed by atoms with E-state index in [1.165, 1.54) is 22.2 Å². The summed E-state index contributed by atoms with van der Waals surface area (Å²) in [6.45, 7) is 12.4. The quantitative estimate of drug-likeness (QED) is 0.658. The summed E-state index contributed by atoms with van der Waals surface area (Å²) in [4.78, 5) is 32.1. The first-order chi connectivity index (χ1) is 13.5. The molecule has 1 N–H and O–H groups in total. The van der Waals surface area contributed by atoms with Crippen molar-refractivity contribution in [1.29, 1.82) is 0 Å². The van der Waals surface area contributed by atoms with E-state index in [1.54, 1.807) is 0 Å². The Kier molecular flexibility index (Phi) is 5.68. The fraction of sp³-hybridized carbons (Fsp3) is 0.435. The molecule has 0 aliphatic carbocycles. The van der Waals surface area contributed by atoms with Gasteiger partial charge in [-0.3, -0.25) is 14.2 Å². The minimum absolute atomic E-state index is 0.0432. The fourth-order valence-corrected chi connectivity index (χ4v) is 5.15. The molecule has 0 aliphatic rings. The lowest BCUT2D eigenvalue weighted by Gasteiger charge is -2.33. The second-order valence-corrected chi connectivity index (χ2v) is 10.6. The van der Waals surface area contributed by atoms with Gasteiger partial charge in [0.2, 0.25) is 5.91 Å². The van der Waals surface area contributed by atoms with Crippen LogP contribution in [0.2, 0.25) is 0 Å². The number of nitrogens with zero attached hydrogens (tertiary/aromatic N) is 2. The number of thiophene rings is 1. The van der Waals surface area contributed by atoms with Gasteiger partial charge in [-0.25, -0.2) is 4.98 Å². The zero-order chi connectivity index (χ0) is 21.4. The summed E-state index contributed by atoms with van der Waals surface area (Å²) >= 11 is 1.51. The summed E-state index contributed by atoms with van der Waals surface area (Å²) in [6.07, 6.45) is 2.31. The summed E-state index contributed by atoms with van der Waals surface area (Å²) in [7, 11) is 0. The number of hydrogen-bond acceptors (Lipinski definition) is 4. The van der Waals surface area contributed by atoms with Gasteiger partial charge in [0.1, 0.15) is 11.4 Å². The maximum atomic E-state index is 13.2. The second-order valence-electron chi connectivity index (χ2n) is 9.43. The average molecular weight is 412 g/mol. The van der Waals surface area contributed by atoms with Crippen LogP contribution in [0.5, 0.6) is 0 Å². The van der Waals surface area contributed by atoms with E-state index in [9.17, 15) is 9.59 Å². The van der Waals surface area contributed by atoms with Gasteiger partial charge in [0.25, 0.3) is 5.56 Å². The molecular formula is C23H29N3O2S. The zero-order valence-electron chi connectivity index (χ0n) is 18.0. The standard InChI is InChI=1S/C23H29N3O2S/c1-15-18(16-10-8-7-9-11-16)19-20(29-15)24-14-26(21(19)28)12-17(27)25-23(5,6)13-22(2,3)4/h7-11,14H,12-13H2,1-6H3,(H,25,27). The molecule has 3 aromatic rings. The molecule has 1 aromatic carbocycles. The summed E-state index contributed by atoms with van der Waals surface area (Å²) in [6, 6.07) is 9.85. The van der Waals surface area contributed by atoms with Gasteiger partial charge in [0.15, 0.2) is 0 Å². The number of carbonyl (C=O) groups is 1.